The molecule has 0 aliphatic rings. The number of benzene rings is 2. The number of hydrogen-bond acceptors (Lipinski definition) is 2. The number of anilines is 1. The fourth-order valence-corrected chi connectivity index (χ4v) is 3.77. The van der Waals surface area contributed by atoms with Crippen LogP contribution in [0.2, 0.25) is 0 Å². The van der Waals surface area contributed by atoms with E-state index >= 15 is 0 Å². The monoisotopic (exact) mass is 381 g/mol. The van der Waals surface area contributed by atoms with Crippen LogP contribution in [0.15, 0.2) is 51.8 Å². The highest BCUT2D eigenvalue weighted by molar-refractivity contribution is 9.10. The van der Waals surface area contributed by atoms with Gasteiger partial charge in [-0.15, -0.1) is 0 Å². The Bertz CT molecular complexity index is 740. The SMILES string of the molecule is CCCCc1ccc(S(=O)(=O)Nc2ccc(Br)cc2C)cc1. The summed E-state index contributed by atoms with van der Waals surface area (Å²) in [6, 6.07) is 12.6. The lowest BCUT2D eigenvalue weighted by atomic mass is 10.1. The number of nitrogens with one attached hydrogen (secondary N) is 1. The highest BCUT2D eigenvalue weighted by Crippen LogP contribution is 2.23. The van der Waals surface area contributed by atoms with Crippen molar-refractivity contribution in [2.45, 2.75) is 38.0 Å². The van der Waals surface area contributed by atoms with Gasteiger partial charge in [-0.1, -0.05) is 41.4 Å². The van der Waals surface area contributed by atoms with Gasteiger partial charge in [0.05, 0.1) is 10.6 Å². The van der Waals surface area contributed by atoms with Gasteiger partial charge in [0.1, 0.15) is 0 Å². The van der Waals surface area contributed by atoms with Gasteiger partial charge < -0.3 is 0 Å². The largest absolute Gasteiger partial charge is 0.279 e. The van der Waals surface area contributed by atoms with E-state index in [0.717, 1.165) is 29.3 Å². The summed E-state index contributed by atoms with van der Waals surface area (Å²) in [5, 5.41) is 0. The highest BCUT2D eigenvalue weighted by Gasteiger charge is 2.15. The molecule has 0 heterocycles. The van der Waals surface area contributed by atoms with E-state index < -0.39 is 10.0 Å². The maximum Gasteiger partial charge on any atom is 0.261 e. The molecule has 0 bridgehead atoms. The van der Waals surface area contributed by atoms with E-state index in [0.29, 0.717) is 5.69 Å². The molecule has 0 radical (unpaired) electrons. The number of halogens is 1. The molecule has 0 amide bonds. The van der Waals surface area contributed by atoms with Gasteiger partial charge in [-0.25, -0.2) is 8.42 Å². The van der Waals surface area contributed by atoms with Crippen LogP contribution in [-0.4, -0.2) is 8.42 Å². The minimum atomic E-state index is -3.55. The van der Waals surface area contributed by atoms with E-state index in [1.807, 2.05) is 31.2 Å². The van der Waals surface area contributed by atoms with Gasteiger partial charge in [0, 0.05) is 4.47 Å². The van der Waals surface area contributed by atoms with Crippen LogP contribution < -0.4 is 4.72 Å². The van der Waals surface area contributed by atoms with Crippen molar-refractivity contribution in [3.05, 3.63) is 58.1 Å². The lowest BCUT2D eigenvalue weighted by molar-refractivity contribution is 0.601. The second kappa shape index (κ2) is 7.29. The molecule has 1 N–H and O–H groups in total. The van der Waals surface area contributed by atoms with Crippen LogP contribution in [0.5, 0.6) is 0 Å². The standard InChI is InChI=1S/C17H20BrNO2S/c1-3-4-5-14-6-9-16(10-7-14)22(20,21)19-17-11-8-15(18)12-13(17)2/h6-12,19H,3-5H2,1-2H3. The third-order valence-corrected chi connectivity index (χ3v) is 5.36. The van der Waals surface area contributed by atoms with Crippen LogP contribution in [0.1, 0.15) is 30.9 Å². The Morgan fingerprint density at radius 1 is 1.09 bits per heavy atom. The van der Waals surface area contributed by atoms with E-state index in [2.05, 4.69) is 27.6 Å². The number of sulfonamides is 1. The predicted octanol–water partition coefficient (Wildman–Crippen LogP) is 4.90. The second-order valence-electron chi connectivity index (χ2n) is 5.31. The molecule has 0 fully saturated rings. The fourth-order valence-electron chi connectivity index (χ4n) is 2.16. The van der Waals surface area contributed by atoms with E-state index in [1.165, 1.54) is 5.56 Å². The van der Waals surface area contributed by atoms with E-state index in [1.54, 1.807) is 18.2 Å². The Balaban J connectivity index is 2.19. The lowest BCUT2D eigenvalue weighted by Crippen LogP contribution is -2.13. The normalized spacial score (nSPS) is 11.4. The summed E-state index contributed by atoms with van der Waals surface area (Å²) in [4.78, 5) is 0.287. The first-order valence-electron chi connectivity index (χ1n) is 7.30. The predicted molar refractivity (Wildman–Crippen MR) is 94.7 cm³/mol. The average molecular weight is 382 g/mol. The summed E-state index contributed by atoms with van der Waals surface area (Å²) in [6.07, 6.45) is 3.23. The molecule has 0 saturated heterocycles. The molecule has 0 atom stereocenters. The van der Waals surface area contributed by atoms with E-state index in [9.17, 15) is 8.42 Å². The molecule has 2 aromatic rings. The zero-order valence-electron chi connectivity index (χ0n) is 12.8. The third-order valence-electron chi connectivity index (χ3n) is 3.49. The fraction of sp³-hybridized carbons (Fsp3) is 0.294. The molecule has 0 unspecified atom stereocenters. The van der Waals surface area contributed by atoms with Gasteiger partial charge >= 0.3 is 0 Å². The smallest absolute Gasteiger partial charge is 0.261 e. The maximum atomic E-state index is 12.4. The quantitative estimate of drug-likeness (QED) is 0.772. The molecular weight excluding hydrogens is 362 g/mol. The summed E-state index contributed by atoms with van der Waals surface area (Å²) >= 11 is 3.37. The van der Waals surface area contributed by atoms with Crippen molar-refractivity contribution >= 4 is 31.6 Å². The zero-order valence-corrected chi connectivity index (χ0v) is 15.2. The Morgan fingerprint density at radius 2 is 1.77 bits per heavy atom. The first-order valence-corrected chi connectivity index (χ1v) is 9.58. The number of hydrogen-bond donors (Lipinski definition) is 1. The van der Waals surface area contributed by atoms with Gasteiger partial charge in [-0.2, -0.15) is 0 Å². The molecule has 22 heavy (non-hydrogen) atoms. The Hall–Kier alpha value is -1.33. The minimum absolute atomic E-state index is 0.287. The van der Waals surface area contributed by atoms with Gasteiger partial charge in [0.25, 0.3) is 10.0 Å². The highest BCUT2D eigenvalue weighted by atomic mass is 79.9. The average Bonchev–Trinajstić information content (AvgIpc) is 2.48. The van der Waals surface area contributed by atoms with Crippen LogP contribution in [0.4, 0.5) is 5.69 Å². The molecule has 2 rings (SSSR count). The number of unbranched alkanes of at least 4 members (excludes halogenated alkanes) is 1. The molecule has 118 valence electrons. The molecule has 3 nitrogen and oxygen atoms in total. The lowest BCUT2D eigenvalue weighted by Gasteiger charge is -2.11. The first kappa shape index (κ1) is 17.0. The first-order chi connectivity index (χ1) is 10.4. The van der Waals surface area contributed by atoms with Gasteiger partial charge in [-0.3, -0.25) is 4.72 Å². The van der Waals surface area contributed by atoms with Crippen molar-refractivity contribution in [1.82, 2.24) is 0 Å². The van der Waals surface area contributed by atoms with Crippen molar-refractivity contribution in [1.29, 1.82) is 0 Å². The van der Waals surface area contributed by atoms with Gasteiger partial charge in [0.2, 0.25) is 0 Å². The van der Waals surface area contributed by atoms with Crippen molar-refractivity contribution in [2.75, 3.05) is 4.72 Å². The molecule has 0 aliphatic carbocycles. The molecular formula is C17H20BrNO2S. The van der Waals surface area contributed by atoms with E-state index in [-0.39, 0.29) is 4.90 Å². The van der Waals surface area contributed by atoms with Crippen LogP contribution in [0.25, 0.3) is 0 Å². The zero-order chi connectivity index (χ0) is 16.2. The molecule has 5 heteroatoms. The number of rotatable bonds is 6. The van der Waals surface area contributed by atoms with Crippen LogP contribution in [0, 0.1) is 6.92 Å². The van der Waals surface area contributed by atoms with Gasteiger partial charge in [-0.05, 0) is 61.2 Å². The van der Waals surface area contributed by atoms with Gasteiger partial charge in [0.15, 0.2) is 0 Å². The van der Waals surface area contributed by atoms with Crippen molar-refractivity contribution in [2.24, 2.45) is 0 Å². The summed E-state index contributed by atoms with van der Waals surface area (Å²) in [5.74, 6) is 0. The van der Waals surface area contributed by atoms with Crippen molar-refractivity contribution in [3.63, 3.8) is 0 Å². The van der Waals surface area contributed by atoms with Crippen molar-refractivity contribution in [3.8, 4) is 0 Å². The molecule has 0 saturated carbocycles. The van der Waals surface area contributed by atoms with Crippen LogP contribution >= 0.6 is 15.9 Å². The molecule has 0 aromatic heterocycles. The number of aryl methyl sites for hydroxylation is 2. The summed E-state index contributed by atoms with van der Waals surface area (Å²) in [7, 11) is -3.55. The van der Waals surface area contributed by atoms with Crippen molar-refractivity contribution < 1.29 is 8.42 Å². The Morgan fingerprint density at radius 3 is 2.36 bits per heavy atom. The summed E-state index contributed by atoms with van der Waals surface area (Å²) < 4.78 is 28.5. The van der Waals surface area contributed by atoms with Crippen LogP contribution in [0.3, 0.4) is 0 Å². The molecule has 0 aliphatic heterocycles. The summed E-state index contributed by atoms with van der Waals surface area (Å²) in [6.45, 7) is 4.01. The van der Waals surface area contributed by atoms with E-state index in [4.69, 9.17) is 0 Å². The maximum absolute atomic E-state index is 12.4. The Labute approximate surface area is 140 Å². The Kier molecular flexibility index (Phi) is 5.64. The minimum Gasteiger partial charge on any atom is -0.279 e. The van der Waals surface area contributed by atoms with Crippen LogP contribution in [-0.2, 0) is 16.4 Å². The second-order valence-corrected chi connectivity index (χ2v) is 7.91. The molecule has 0 spiro atoms. The summed E-state index contributed by atoms with van der Waals surface area (Å²) in [5.41, 5.74) is 2.64. The topological polar surface area (TPSA) is 46.2 Å². The third kappa shape index (κ3) is 4.34. The molecule has 2 aromatic carbocycles.